The van der Waals surface area contributed by atoms with Crippen LogP contribution in [0.1, 0.15) is 19.8 Å². The van der Waals surface area contributed by atoms with Crippen molar-refractivity contribution in [1.82, 2.24) is 14.9 Å². The second-order valence-corrected chi connectivity index (χ2v) is 6.57. The van der Waals surface area contributed by atoms with E-state index in [2.05, 4.69) is 25.4 Å². The van der Waals surface area contributed by atoms with Crippen molar-refractivity contribution in [3.8, 4) is 0 Å². The molecule has 0 fully saturated rings. The molecule has 1 aromatic rings. The summed E-state index contributed by atoms with van der Waals surface area (Å²) in [6.45, 7) is 1.38. The van der Waals surface area contributed by atoms with Gasteiger partial charge < -0.3 is 16.3 Å². The van der Waals surface area contributed by atoms with Gasteiger partial charge in [0.05, 0.1) is 0 Å². The fraction of sp³-hybridized carbons (Fsp3) is 0.500. The van der Waals surface area contributed by atoms with Gasteiger partial charge in [-0.05, 0) is 6.42 Å². The predicted molar refractivity (Wildman–Crippen MR) is 72.0 cm³/mol. The van der Waals surface area contributed by atoms with Crippen LogP contribution < -0.4 is 15.8 Å². The van der Waals surface area contributed by atoms with E-state index in [0.29, 0.717) is 6.42 Å². The van der Waals surface area contributed by atoms with E-state index in [-0.39, 0.29) is 34.2 Å². The molecule has 1 aromatic heterocycles. The fourth-order valence-electron chi connectivity index (χ4n) is 1.11. The fourth-order valence-corrected chi connectivity index (χ4v) is 3.17. The van der Waals surface area contributed by atoms with E-state index in [1.807, 2.05) is 0 Å². The number of hydrogen-bond donors (Lipinski definition) is 4. The van der Waals surface area contributed by atoms with Gasteiger partial charge in [-0.1, -0.05) is 16.5 Å². The zero-order chi connectivity index (χ0) is 15.2. The minimum atomic E-state index is -3.78. The van der Waals surface area contributed by atoms with Crippen LogP contribution in [-0.4, -0.2) is 42.1 Å². The first-order chi connectivity index (χ1) is 9.35. The van der Waals surface area contributed by atoms with Crippen molar-refractivity contribution in [2.75, 3.05) is 11.9 Å². The van der Waals surface area contributed by atoms with E-state index in [4.69, 9.17) is 10.9 Å². The summed E-state index contributed by atoms with van der Waals surface area (Å²) in [5, 5.41) is 20.6. The molecule has 0 aromatic carbocycles. The molecule has 0 spiro atoms. The Kier molecular flexibility index (Phi) is 5.79. The number of carbonyl (C=O) groups is 1. The molecule has 1 rings (SSSR count). The van der Waals surface area contributed by atoms with Gasteiger partial charge in [0.2, 0.25) is 15.4 Å². The van der Waals surface area contributed by atoms with Crippen molar-refractivity contribution in [3.05, 3.63) is 0 Å². The lowest BCUT2D eigenvalue weighted by atomic mass is 10.3. The average molecular weight is 322 g/mol. The van der Waals surface area contributed by atoms with Crippen molar-refractivity contribution < 1.29 is 18.4 Å². The van der Waals surface area contributed by atoms with Gasteiger partial charge in [-0.15, -0.1) is 10.2 Å². The lowest BCUT2D eigenvalue weighted by Crippen LogP contribution is -2.25. The number of nitrogens with zero attached hydrogens (tertiary/aromatic N) is 3. The Balaban J connectivity index is 2.56. The van der Waals surface area contributed by atoms with Crippen LogP contribution in [0.5, 0.6) is 0 Å². The number of anilines is 1. The smallest absolute Gasteiger partial charge is 0.269 e. The van der Waals surface area contributed by atoms with Gasteiger partial charge in [0.1, 0.15) is 5.84 Å². The summed E-state index contributed by atoms with van der Waals surface area (Å²) in [5.41, 5.74) is 5.25. The molecule has 20 heavy (non-hydrogen) atoms. The van der Waals surface area contributed by atoms with E-state index < -0.39 is 10.0 Å². The van der Waals surface area contributed by atoms with Crippen LogP contribution in [0, 0.1) is 0 Å². The molecule has 5 N–H and O–H groups in total. The zero-order valence-electron chi connectivity index (χ0n) is 10.5. The van der Waals surface area contributed by atoms with E-state index in [1.165, 1.54) is 6.92 Å². The molecule has 112 valence electrons. The van der Waals surface area contributed by atoms with Crippen molar-refractivity contribution >= 4 is 38.2 Å². The molecule has 0 saturated heterocycles. The Labute approximate surface area is 119 Å². The normalized spacial score (nSPS) is 12.3. The summed E-state index contributed by atoms with van der Waals surface area (Å²) in [5.74, 6) is -0.343. The molecule has 0 aliphatic rings. The largest absolute Gasteiger partial charge is 0.409 e. The maximum absolute atomic E-state index is 11.8. The quantitative estimate of drug-likeness (QED) is 0.129. The highest BCUT2D eigenvalue weighted by Crippen LogP contribution is 2.19. The van der Waals surface area contributed by atoms with E-state index in [9.17, 15) is 13.2 Å². The Morgan fingerprint density at radius 3 is 2.80 bits per heavy atom. The van der Waals surface area contributed by atoms with Crippen LogP contribution in [0.4, 0.5) is 5.13 Å². The first kappa shape index (κ1) is 16.3. The topological polar surface area (TPSA) is 160 Å². The first-order valence-electron chi connectivity index (χ1n) is 5.42. The van der Waals surface area contributed by atoms with Gasteiger partial charge in [0.15, 0.2) is 0 Å². The van der Waals surface area contributed by atoms with E-state index in [1.54, 1.807) is 0 Å². The number of amidine groups is 1. The standard InChI is InChI=1S/C8H14N6O4S2/c1-5(15)11-7-12-13-8(19-7)20(17,18)10-4-2-3-6(9)14-16/h10,16H,2-4H2,1H3,(H2,9,14)(H,11,12,15). The lowest BCUT2D eigenvalue weighted by molar-refractivity contribution is -0.114. The SMILES string of the molecule is CC(=O)Nc1nnc(S(=O)(=O)NCCCC(N)=NO)s1. The molecule has 1 amide bonds. The van der Waals surface area contributed by atoms with Crippen molar-refractivity contribution in [1.29, 1.82) is 0 Å². The molecule has 0 saturated carbocycles. The molecule has 12 heteroatoms. The van der Waals surface area contributed by atoms with Crippen molar-refractivity contribution in [2.24, 2.45) is 10.9 Å². The molecule has 0 radical (unpaired) electrons. The third-order valence-corrected chi connectivity index (χ3v) is 4.62. The Bertz CT molecular complexity index is 596. The summed E-state index contributed by atoms with van der Waals surface area (Å²) in [7, 11) is -3.78. The number of amides is 1. The summed E-state index contributed by atoms with van der Waals surface area (Å²) < 4.78 is 25.7. The minimum Gasteiger partial charge on any atom is -0.409 e. The van der Waals surface area contributed by atoms with Gasteiger partial charge in [-0.2, -0.15) is 0 Å². The van der Waals surface area contributed by atoms with Crippen LogP contribution in [-0.2, 0) is 14.8 Å². The number of nitrogens with one attached hydrogen (secondary N) is 2. The van der Waals surface area contributed by atoms with Crippen molar-refractivity contribution in [3.63, 3.8) is 0 Å². The summed E-state index contributed by atoms with van der Waals surface area (Å²) in [6, 6.07) is 0. The van der Waals surface area contributed by atoms with Crippen LogP contribution in [0.3, 0.4) is 0 Å². The molecule has 0 unspecified atom stereocenters. The summed E-state index contributed by atoms with van der Waals surface area (Å²) in [6.07, 6.45) is 0.624. The Morgan fingerprint density at radius 2 is 2.20 bits per heavy atom. The zero-order valence-corrected chi connectivity index (χ0v) is 12.2. The second-order valence-electron chi connectivity index (χ2n) is 3.65. The first-order valence-corrected chi connectivity index (χ1v) is 7.72. The molecule has 10 nitrogen and oxygen atoms in total. The van der Waals surface area contributed by atoms with Crippen LogP contribution in [0.15, 0.2) is 9.50 Å². The van der Waals surface area contributed by atoms with Crippen LogP contribution in [0.2, 0.25) is 0 Å². The molecule has 0 aliphatic carbocycles. The highest BCUT2D eigenvalue weighted by Gasteiger charge is 2.19. The number of aromatic nitrogens is 2. The predicted octanol–water partition coefficient (Wildman–Crippen LogP) is -0.699. The number of rotatable bonds is 7. The highest BCUT2D eigenvalue weighted by molar-refractivity contribution is 7.91. The van der Waals surface area contributed by atoms with Gasteiger partial charge in [0, 0.05) is 19.9 Å². The van der Waals surface area contributed by atoms with Gasteiger partial charge in [0.25, 0.3) is 10.0 Å². The van der Waals surface area contributed by atoms with Gasteiger partial charge in [-0.25, -0.2) is 13.1 Å². The third kappa shape index (κ3) is 5.07. The van der Waals surface area contributed by atoms with E-state index >= 15 is 0 Å². The molecule has 0 aliphatic heterocycles. The minimum absolute atomic E-state index is 0.0213. The summed E-state index contributed by atoms with van der Waals surface area (Å²) >= 11 is 0.744. The number of sulfonamides is 1. The van der Waals surface area contributed by atoms with E-state index in [0.717, 1.165) is 11.3 Å². The van der Waals surface area contributed by atoms with Crippen molar-refractivity contribution in [2.45, 2.75) is 24.1 Å². The highest BCUT2D eigenvalue weighted by atomic mass is 32.2. The molecular weight excluding hydrogens is 308 g/mol. The second kappa shape index (κ2) is 7.12. The Morgan fingerprint density at radius 1 is 1.50 bits per heavy atom. The Hall–Kier alpha value is -1.79. The maximum atomic E-state index is 11.8. The number of nitrogens with two attached hydrogens (primary N) is 1. The molecular formula is C8H14N6O4S2. The molecule has 1 heterocycles. The average Bonchev–Trinajstić information content (AvgIpc) is 2.82. The number of oxime groups is 1. The third-order valence-electron chi connectivity index (χ3n) is 1.95. The van der Waals surface area contributed by atoms with Crippen LogP contribution >= 0.6 is 11.3 Å². The monoisotopic (exact) mass is 322 g/mol. The lowest BCUT2D eigenvalue weighted by Gasteiger charge is -2.02. The summed E-state index contributed by atoms with van der Waals surface area (Å²) in [4.78, 5) is 10.8. The maximum Gasteiger partial charge on any atom is 0.269 e. The van der Waals surface area contributed by atoms with Crippen LogP contribution in [0.25, 0.3) is 0 Å². The number of carbonyl (C=O) groups excluding carboxylic acids is 1. The molecule has 0 atom stereocenters. The number of hydrogen-bond acceptors (Lipinski definition) is 8. The van der Waals surface area contributed by atoms with Gasteiger partial charge >= 0.3 is 0 Å². The molecule has 0 bridgehead atoms. The van der Waals surface area contributed by atoms with Gasteiger partial charge in [-0.3, -0.25) is 4.79 Å².